The van der Waals surface area contributed by atoms with Gasteiger partial charge in [0, 0.05) is 11.1 Å². The first-order chi connectivity index (χ1) is 8.29. The Bertz CT molecular complexity index is 626. The second-order valence-corrected chi connectivity index (χ2v) is 5.01. The zero-order chi connectivity index (χ0) is 11.8. The van der Waals surface area contributed by atoms with Crippen LogP contribution in [0.3, 0.4) is 0 Å². The van der Waals surface area contributed by atoms with Crippen LogP contribution in [-0.4, -0.2) is 5.78 Å². The van der Waals surface area contributed by atoms with Crippen LogP contribution in [0.5, 0.6) is 0 Å². The highest BCUT2D eigenvalue weighted by molar-refractivity contribution is 14.1. The second kappa shape index (κ2) is 4.11. The van der Waals surface area contributed by atoms with Crippen LogP contribution in [-0.2, 0) is 0 Å². The van der Waals surface area contributed by atoms with E-state index < -0.39 is 0 Å². The Labute approximate surface area is 113 Å². The van der Waals surface area contributed by atoms with Gasteiger partial charge in [0.2, 0.25) is 0 Å². The maximum Gasteiger partial charge on any atom is 0.200 e. The molecule has 0 fully saturated rings. The van der Waals surface area contributed by atoms with Crippen LogP contribution in [0.2, 0.25) is 0 Å². The summed E-state index contributed by atoms with van der Waals surface area (Å²) in [4.78, 5) is 12.1. The quantitative estimate of drug-likeness (QED) is 0.720. The van der Waals surface area contributed by atoms with Crippen molar-refractivity contribution in [2.24, 2.45) is 0 Å². The Morgan fingerprint density at radius 3 is 2.06 bits per heavy atom. The maximum absolute atomic E-state index is 12.1. The number of halogens is 1. The Morgan fingerprint density at radius 2 is 1.35 bits per heavy atom. The van der Waals surface area contributed by atoms with Crippen LogP contribution < -0.4 is 0 Å². The van der Waals surface area contributed by atoms with Crippen molar-refractivity contribution in [3.05, 3.63) is 74.9 Å². The first-order valence-electron chi connectivity index (χ1n) is 5.38. The van der Waals surface area contributed by atoms with Crippen molar-refractivity contribution in [1.82, 2.24) is 0 Å². The van der Waals surface area contributed by atoms with Crippen molar-refractivity contribution in [3.63, 3.8) is 0 Å². The van der Waals surface area contributed by atoms with Gasteiger partial charge in [-0.3, -0.25) is 4.79 Å². The molecular formula is C15H9IO. The molecule has 0 spiro atoms. The van der Waals surface area contributed by atoms with E-state index in [1.165, 1.54) is 0 Å². The number of carbonyl (C=O) groups excluding carboxylic acids is 1. The summed E-state index contributed by atoms with van der Waals surface area (Å²) >= 11 is 2.15. The molecule has 0 unspecified atom stereocenters. The Balaban J connectivity index is 2.27. The SMILES string of the molecule is O=C1C(I)=C(c2ccccc2)c2ccccc21. The highest BCUT2D eigenvalue weighted by Crippen LogP contribution is 2.39. The maximum atomic E-state index is 12.1. The van der Waals surface area contributed by atoms with E-state index in [1.807, 2.05) is 54.6 Å². The van der Waals surface area contributed by atoms with Gasteiger partial charge >= 0.3 is 0 Å². The zero-order valence-electron chi connectivity index (χ0n) is 8.98. The fraction of sp³-hybridized carbons (Fsp3) is 0. The third-order valence-electron chi connectivity index (χ3n) is 2.92. The lowest BCUT2D eigenvalue weighted by atomic mass is 9.99. The summed E-state index contributed by atoms with van der Waals surface area (Å²) < 4.78 is 0.815. The number of fused-ring (bicyclic) bond motifs is 1. The second-order valence-electron chi connectivity index (χ2n) is 3.93. The molecule has 2 aromatic rings. The molecule has 0 aliphatic heterocycles. The number of rotatable bonds is 1. The number of ketones is 1. The van der Waals surface area contributed by atoms with E-state index in [4.69, 9.17) is 0 Å². The van der Waals surface area contributed by atoms with E-state index in [9.17, 15) is 4.79 Å². The van der Waals surface area contributed by atoms with Gasteiger partial charge in [0.1, 0.15) is 0 Å². The van der Waals surface area contributed by atoms with Crippen molar-refractivity contribution in [2.45, 2.75) is 0 Å². The van der Waals surface area contributed by atoms with Gasteiger partial charge in [-0.2, -0.15) is 0 Å². The number of carbonyl (C=O) groups is 1. The minimum atomic E-state index is 0.139. The highest BCUT2D eigenvalue weighted by atomic mass is 127. The molecule has 0 radical (unpaired) electrons. The van der Waals surface area contributed by atoms with Gasteiger partial charge in [0.15, 0.2) is 5.78 Å². The van der Waals surface area contributed by atoms with Crippen LogP contribution in [0.15, 0.2) is 58.2 Å². The summed E-state index contributed by atoms with van der Waals surface area (Å²) in [5, 5.41) is 0. The average Bonchev–Trinajstić information content (AvgIpc) is 2.64. The summed E-state index contributed by atoms with van der Waals surface area (Å²) in [6, 6.07) is 17.9. The van der Waals surface area contributed by atoms with E-state index >= 15 is 0 Å². The molecule has 82 valence electrons. The normalized spacial score (nSPS) is 14.1. The molecule has 0 bridgehead atoms. The smallest absolute Gasteiger partial charge is 0.200 e. The molecule has 0 saturated heterocycles. The van der Waals surface area contributed by atoms with Crippen LogP contribution in [0.25, 0.3) is 5.57 Å². The van der Waals surface area contributed by atoms with Crippen LogP contribution in [0.1, 0.15) is 21.5 Å². The molecule has 0 saturated carbocycles. The molecule has 0 heterocycles. The standard InChI is InChI=1S/C15H9IO/c16-14-13(10-6-2-1-3-7-10)11-8-4-5-9-12(11)15(14)17/h1-9H. The zero-order valence-corrected chi connectivity index (χ0v) is 11.1. The van der Waals surface area contributed by atoms with Crippen LogP contribution in [0, 0.1) is 0 Å². The number of Topliss-reactive ketones (excluding diaryl/α,β-unsaturated/α-hetero) is 1. The average molecular weight is 332 g/mol. The molecule has 0 aromatic heterocycles. The molecule has 3 rings (SSSR count). The van der Waals surface area contributed by atoms with E-state index in [0.717, 1.165) is 25.8 Å². The van der Waals surface area contributed by atoms with Crippen molar-refractivity contribution < 1.29 is 4.79 Å². The van der Waals surface area contributed by atoms with Crippen molar-refractivity contribution >= 4 is 33.9 Å². The third kappa shape index (κ3) is 1.63. The monoisotopic (exact) mass is 332 g/mol. The highest BCUT2D eigenvalue weighted by Gasteiger charge is 2.27. The molecule has 2 aromatic carbocycles. The largest absolute Gasteiger partial charge is 0.288 e. The number of allylic oxidation sites excluding steroid dienone is 1. The van der Waals surface area contributed by atoms with Gasteiger partial charge in [-0.05, 0) is 33.7 Å². The molecule has 1 nitrogen and oxygen atoms in total. The number of hydrogen-bond donors (Lipinski definition) is 0. The molecule has 1 aliphatic carbocycles. The molecule has 1 aliphatic rings. The Morgan fingerprint density at radius 1 is 0.765 bits per heavy atom. The van der Waals surface area contributed by atoms with Gasteiger partial charge in [-0.15, -0.1) is 0 Å². The molecular weight excluding hydrogens is 323 g/mol. The third-order valence-corrected chi connectivity index (χ3v) is 3.95. The van der Waals surface area contributed by atoms with E-state index in [2.05, 4.69) is 22.6 Å². The predicted molar refractivity (Wildman–Crippen MR) is 77.3 cm³/mol. The first-order valence-corrected chi connectivity index (χ1v) is 6.46. The molecule has 2 heteroatoms. The fourth-order valence-corrected chi connectivity index (χ4v) is 3.03. The minimum Gasteiger partial charge on any atom is -0.288 e. The number of benzene rings is 2. The lowest BCUT2D eigenvalue weighted by molar-refractivity contribution is 0.104. The van der Waals surface area contributed by atoms with E-state index in [0.29, 0.717) is 0 Å². The summed E-state index contributed by atoms with van der Waals surface area (Å²) in [5.74, 6) is 0.139. The summed E-state index contributed by atoms with van der Waals surface area (Å²) in [5.41, 5.74) is 4.03. The summed E-state index contributed by atoms with van der Waals surface area (Å²) in [6.45, 7) is 0. The lowest BCUT2D eigenvalue weighted by Gasteiger charge is -2.04. The molecule has 17 heavy (non-hydrogen) atoms. The van der Waals surface area contributed by atoms with Crippen LogP contribution in [0.4, 0.5) is 0 Å². The minimum absolute atomic E-state index is 0.139. The fourth-order valence-electron chi connectivity index (χ4n) is 2.14. The van der Waals surface area contributed by atoms with Gasteiger partial charge in [-0.25, -0.2) is 0 Å². The van der Waals surface area contributed by atoms with Crippen LogP contribution >= 0.6 is 22.6 Å². The van der Waals surface area contributed by atoms with Crippen molar-refractivity contribution in [1.29, 1.82) is 0 Å². The van der Waals surface area contributed by atoms with E-state index in [-0.39, 0.29) is 5.78 Å². The topological polar surface area (TPSA) is 17.1 Å². The van der Waals surface area contributed by atoms with Gasteiger partial charge < -0.3 is 0 Å². The predicted octanol–water partition coefficient (Wildman–Crippen LogP) is 4.08. The molecule has 0 atom stereocenters. The van der Waals surface area contributed by atoms with Gasteiger partial charge in [-0.1, -0.05) is 54.6 Å². The number of hydrogen-bond acceptors (Lipinski definition) is 1. The summed E-state index contributed by atoms with van der Waals surface area (Å²) in [7, 11) is 0. The first kappa shape index (κ1) is 10.7. The molecule has 0 N–H and O–H groups in total. The van der Waals surface area contributed by atoms with E-state index in [1.54, 1.807) is 0 Å². The Kier molecular flexibility index (Phi) is 2.59. The van der Waals surface area contributed by atoms with Gasteiger partial charge in [0.25, 0.3) is 0 Å². The molecule has 0 amide bonds. The van der Waals surface area contributed by atoms with Crippen molar-refractivity contribution in [2.75, 3.05) is 0 Å². The van der Waals surface area contributed by atoms with Crippen molar-refractivity contribution in [3.8, 4) is 0 Å². The Hall–Kier alpha value is -1.42. The lowest BCUT2D eigenvalue weighted by Crippen LogP contribution is -1.92. The summed E-state index contributed by atoms with van der Waals surface area (Å²) in [6.07, 6.45) is 0. The van der Waals surface area contributed by atoms with Gasteiger partial charge in [0.05, 0.1) is 3.58 Å².